The van der Waals surface area contributed by atoms with E-state index in [2.05, 4.69) is 29.3 Å². The average molecular weight is 251 g/mol. The molecule has 3 heteroatoms. The van der Waals surface area contributed by atoms with Crippen molar-refractivity contribution in [2.24, 2.45) is 0 Å². The summed E-state index contributed by atoms with van der Waals surface area (Å²) in [6, 6.07) is 4.67. The van der Waals surface area contributed by atoms with Gasteiger partial charge in [0.05, 0.1) is 0 Å². The van der Waals surface area contributed by atoms with Gasteiger partial charge in [0, 0.05) is 23.9 Å². The Bertz CT molecular complexity index is 347. The van der Waals surface area contributed by atoms with Crippen LogP contribution in [0, 0.1) is 0 Å². The highest BCUT2D eigenvalue weighted by Gasteiger charge is 2.24. The average Bonchev–Trinajstić information content (AvgIpc) is 2.89. The molecule has 2 nitrogen and oxygen atoms in total. The Balaban J connectivity index is 1.85. The first-order valence-electron chi connectivity index (χ1n) is 6.63. The predicted octanol–water partition coefficient (Wildman–Crippen LogP) is 3.47. The highest BCUT2D eigenvalue weighted by Crippen LogP contribution is 2.21. The van der Waals surface area contributed by atoms with Gasteiger partial charge in [-0.2, -0.15) is 0 Å². The number of piperidine rings is 1. The first-order valence-corrected chi connectivity index (χ1v) is 7.51. The van der Waals surface area contributed by atoms with Gasteiger partial charge in [0.25, 0.3) is 0 Å². The molecule has 1 aromatic rings. The lowest BCUT2D eigenvalue weighted by Crippen LogP contribution is -2.43. The summed E-state index contributed by atoms with van der Waals surface area (Å²) in [7, 11) is 0. The SMILES string of the molecule is CCC1CCCCN1C(=O)CCc1cccs1. The van der Waals surface area contributed by atoms with E-state index in [9.17, 15) is 4.79 Å². The minimum absolute atomic E-state index is 0.352. The van der Waals surface area contributed by atoms with Gasteiger partial charge in [-0.15, -0.1) is 11.3 Å². The maximum atomic E-state index is 12.2. The van der Waals surface area contributed by atoms with Gasteiger partial charge >= 0.3 is 0 Å². The van der Waals surface area contributed by atoms with E-state index in [4.69, 9.17) is 0 Å². The van der Waals surface area contributed by atoms with Crippen molar-refractivity contribution < 1.29 is 4.79 Å². The number of likely N-dealkylation sites (tertiary alicyclic amines) is 1. The molecule has 0 aromatic carbocycles. The predicted molar refractivity (Wildman–Crippen MR) is 72.3 cm³/mol. The van der Waals surface area contributed by atoms with Crippen LogP contribution in [0.2, 0.25) is 0 Å². The van der Waals surface area contributed by atoms with Crippen LogP contribution in [0.15, 0.2) is 17.5 Å². The summed E-state index contributed by atoms with van der Waals surface area (Å²) < 4.78 is 0. The zero-order chi connectivity index (χ0) is 12.1. The summed E-state index contributed by atoms with van der Waals surface area (Å²) in [5, 5.41) is 2.08. The smallest absolute Gasteiger partial charge is 0.223 e. The van der Waals surface area contributed by atoms with Gasteiger partial charge in [0.15, 0.2) is 0 Å². The van der Waals surface area contributed by atoms with E-state index in [0.29, 0.717) is 18.4 Å². The van der Waals surface area contributed by atoms with E-state index in [-0.39, 0.29) is 0 Å². The largest absolute Gasteiger partial charge is 0.340 e. The number of amides is 1. The molecule has 0 spiro atoms. The van der Waals surface area contributed by atoms with Crippen LogP contribution in [0.25, 0.3) is 0 Å². The number of rotatable bonds is 4. The molecule has 1 amide bonds. The fourth-order valence-electron chi connectivity index (χ4n) is 2.58. The van der Waals surface area contributed by atoms with E-state index in [1.807, 2.05) is 0 Å². The zero-order valence-electron chi connectivity index (χ0n) is 10.5. The quantitative estimate of drug-likeness (QED) is 0.802. The second-order valence-corrected chi connectivity index (χ2v) is 5.76. The lowest BCUT2D eigenvalue weighted by molar-refractivity contribution is -0.134. The van der Waals surface area contributed by atoms with Gasteiger partial charge < -0.3 is 4.90 Å². The third-order valence-corrected chi connectivity index (χ3v) is 4.52. The molecular weight excluding hydrogens is 230 g/mol. The number of carbonyl (C=O) groups is 1. The Morgan fingerprint density at radius 1 is 1.53 bits per heavy atom. The van der Waals surface area contributed by atoms with Gasteiger partial charge in [0.2, 0.25) is 5.91 Å². The lowest BCUT2D eigenvalue weighted by Gasteiger charge is -2.35. The summed E-state index contributed by atoms with van der Waals surface area (Å²) in [6.07, 6.45) is 6.35. The van der Waals surface area contributed by atoms with E-state index < -0.39 is 0 Å². The molecule has 0 radical (unpaired) electrons. The molecule has 1 aromatic heterocycles. The second-order valence-electron chi connectivity index (χ2n) is 4.72. The molecule has 94 valence electrons. The molecule has 1 unspecified atom stereocenters. The first-order chi connectivity index (χ1) is 8.31. The van der Waals surface area contributed by atoms with Gasteiger partial charge in [-0.05, 0) is 43.6 Å². The molecule has 0 aliphatic carbocycles. The van der Waals surface area contributed by atoms with Crippen LogP contribution in [-0.2, 0) is 11.2 Å². The molecule has 1 saturated heterocycles. The molecule has 1 fully saturated rings. The Kier molecular flexibility index (Phi) is 4.60. The number of hydrogen-bond donors (Lipinski definition) is 0. The van der Waals surface area contributed by atoms with Crippen molar-refractivity contribution in [3.8, 4) is 0 Å². The van der Waals surface area contributed by atoms with Gasteiger partial charge in [-0.3, -0.25) is 4.79 Å². The van der Waals surface area contributed by atoms with Crippen LogP contribution in [0.1, 0.15) is 43.9 Å². The summed E-state index contributed by atoms with van der Waals surface area (Å²) in [5.41, 5.74) is 0. The summed E-state index contributed by atoms with van der Waals surface area (Å²) in [5.74, 6) is 0.352. The molecule has 17 heavy (non-hydrogen) atoms. The fourth-order valence-corrected chi connectivity index (χ4v) is 3.29. The maximum absolute atomic E-state index is 12.2. The van der Waals surface area contributed by atoms with E-state index >= 15 is 0 Å². The Morgan fingerprint density at radius 3 is 3.12 bits per heavy atom. The maximum Gasteiger partial charge on any atom is 0.223 e. The summed E-state index contributed by atoms with van der Waals surface area (Å²) in [4.78, 5) is 15.6. The third-order valence-electron chi connectivity index (χ3n) is 3.58. The first kappa shape index (κ1) is 12.6. The minimum atomic E-state index is 0.352. The van der Waals surface area contributed by atoms with Gasteiger partial charge in [0.1, 0.15) is 0 Å². The third kappa shape index (κ3) is 3.32. The molecule has 0 N–H and O–H groups in total. The van der Waals surface area contributed by atoms with Crippen molar-refractivity contribution in [3.63, 3.8) is 0 Å². The fraction of sp³-hybridized carbons (Fsp3) is 0.643. The highest BCUT2D eigenvalue weighted by atomic mass is 32.1. The van der Waals surface area contributed by atoms with Gasteiger partial charge in [-0.1, -0.05) is 13.0 Å². The topological polar surface area (TPSA) is 20.3 Å². The summed E-state index contributed by atoms with van der Waals surface area (Å²) >= 11 is 1.75. The minimum Gasteiger partial charge on any atom is -0.340 e. The standard InChI is InChI=1S/C14H21NOS/c1-2-12-6-3-4-10-15(12)14(16)9-8-13-7-5-11-17-13/h5,7,11-12H,2-4,6,8-10H2,1H3. The van der Waals surface area contributed by atoms with Crippen LogP contribution in [-0.4, -0.2) is 23.4 Å². The van der Waals surface area contributed by atoms with E-state index in [1.165, 1.54) is 24.1 Å². The van der Waals surface area contributed by atoms with Crippen molar-refractivity contribution in [2.45, 2.75) is 51.5 Å². The number of carbonyl (C=O) groups excluding carboxylic acids is 1. The van der Waals surface area contributed by atoms with E-state index in [0.717, 1.165) is 19.4 Å². The van der Waals surface area contributed by atoms with Crippen molar-refractivity contribution in [1.29, 1.82) is 0 Å². The molecule has 0 saturated carbocycles. The second kappa shape index (κ2) is 6.20. The molecular formula is C14H21NOS. The number of aryl methyl sites for hydroxylation is 1. The van der Waals surface area contributed by atoms with Crippen molar-refractivity contribution in [2.75, 3.05) is 6.54 Å². The van der Waals surface area contributed by atoms with Crippen LogP contribution >= 0.6 is 11.3 Å². The van der Waals surface area contributed by atoms with Crippen LogP contribution in [0.4, 0.5) is 0 Å². The molecule has 0 bridgehead atoms. The van der Waals surface area contributed by atoms with Crippen LogP contribution in [0.5, 0.6) is 0 Å². The Hall–Kier alpha value is -0.830. The number of nitrogens with zero attached hydrogens (tertiary/aromatic N) is 1. The lowest BCUT2D eigenvalue weighted by atomic mass is 9.99. The molecule has 1 aliphatic rings. The molecule has 1 aliphatic heterocycles. The van der Waals surface area contributed by atoms with Crippen molar-refractivity contribution in [1.82, 2.24) is 4.90 Å². The van der Waals surface area contributed by atoms with Gasteiger partial charge in [-0.25, -0.2) is 0 Å². The molecule has 2 rings (SSSR count). The Morgan fingerprint density at radius 2 is 2.41 bits per heavy atom. The van der Waals surface area contributed by atoms with E-state index in [1.54, 1.807) is 11.3 Å². The zero-order valence-corrected chi connectivity index (χ0v) is 11.3. The monoisotopic (exact) mass is 251 g/mol. The molecule has 1 atom stereocenters. The highest BCUT2D eigenvalue weighted by molar-refractivity contribution is 7.09. The molecule has 2 heterocycles. The van der Waals surface area contributed by atoms with Crippen molar-refractivity contribution in [3.05, 3.63) is 22.4 Å². The van der Waals surface area contributed by atoms with Crippen LogP contribution < -0.4 is 0 Å². The normalized spacial score (nSPS) is 20.5. The summed E-state index contributed by atoms with van der Waals surface area (Å²) in [6.45, 7) is 3.16. The van der Waals surface area contributed by atoms with Crippen LogP contribution in [0.3, 0.4) is 0 Å². The van der Waals surface area contributed by atoms with Crippen molar-refractivity contribution >= 4 is 17.2 Å². The number of thiophene rings is 1. The number of hydrogen-bond acceptors (Lipinski definition) is 2. The Labute approximate surface area is 108 Å².